The van der Waals surface area contributed by atoms with Crippen molar-refractivity contribution < 1.29 is 9.53 Å². The normalized spacial score (nSPS) is 23.0. The van der Waals surface area contributed by atoms with E-state index in [1.54, 1.807) is 4.90 Å². The number of hydrogen-bond acceptors (Lipinski definition) is 4. The van der Waals surface area contributed by atoms with Gasteiger partial charge in [-0.2, -0.15) is 0 Å². The van der Waals surface area contributed by atoms with E-state index in [9.17, 15) is 4.79 Å². The largest absolute Gasteiger partial charge is 0.444 e. The molecule has 1 fully saturated rings. The molecule has 0 saturated carbocycles. The Balaban J connectivity index is 0.00000191. The maximum Gasteiger partial charge on any atom is 0.410 e. The minimum atomic E-state index is -0.481. The van der Waals surface area contributed by atoms with Gasteiger partial charge < -0.3 is 15.4 Å². The fraction of sp³-hybridized carbons (Fsp3) is 0.733. The third-order valence-corrected chi connectivity index (χ3v) is 2.81. The second kappa shape index (κ2) is 8.75. The molecular weight excluding hydrogens is 265 g/mol. The van der Waals surface area contributed by atoms with Crippen molar-refractivity contribution >= 4 is 20.2 Å². The second-order valence-corrected chi connectivity index (χ2v) is 5.82. The summed E-state index contributed by atoms with van der Waals surface area (Å²) in [6.45, 7) is 12.1. The maximum atomic E-state index is 12.0. The summed E-state index contributed by atoms with van der Waals surface area (Å²) >= 11 is 0. The number of likely N-dealkylation sites (tertiary alicyclic amines) is 1. The summed E-state index contributed by atoms with van der Waals surface area (Å²) < 4.78 is 5.37. The molecule has 0 aromatic carbocycles. The van der Waals surface area contributed by atoms with E-state index in [0.29, 0.717) is 12.0 Å². The molecule has 1 heterocycles. The van der Waals surface area contributed by atoms with E-state index in [-0.39, 0.29) is 18.2 Å². The first-order valence-electron chi connectivity index (χ1n) is 7.43. The Bertz CT molecular complexity index is 389. The Hall–Kier alpha value is -1.46. The van der Waals surface area contributed by atoms with Gasteiger partial charge in [-0.3, -0.25) is 4.99 Å². The predicted molar refractivity (Wildman–Crippen MR) is 88.7 cm³/mol. The van der Waals surface area contributed by atoms with Crippen LogP contribution in [0.2, 0.25) is 0 Å². The number of rotatable bonds is 2. The Kier molecular flexibility index (Phi) is 8.14. The zero-order valence-electron chi connectivity index (χ0n) is 14.1. The van der Waals surface area contributed by atoms with Crippen LogP contribution in [0.25, 0.3) is 0 Å². The molecule has 6 heteroatoms. The molecular formula is C15H28BN3O2. The highest BCUT2D eigenvalue weighted by atomic mass is 16.6. The molecule has 0 bridgehead atoms. The lowest BCUT2D eigenvalue weighted by Gasteiger charge is -2.26. The van der Waals surface area contributed by atoms with Crippen LogP contribution in [0.5, 0.6) is 0 Å². The van der Waals surface area contributed by atoms with E-state index in [1.165, 1.54) is 12.4 Å². The lowest BCUT2D eigenvalue weighted by molar-refractivity contribution is 0.0237. The van der Waals surface area contributed by atoms with Crippen molar-refractivity contribution in [3.8, 4) is 0 Å². The molecule has 0 unspecified atom stereocenters. The van der Waals surface area contributed by atoms with Gasteiger partial charge >= 0.3 is 6.09 Å². The number of amides is 1. The summed E-state index contributed by atoms with van der Waals surface area (Å²) in [5, 5.41) is 0. The standard InChI is InChI=1S/C13H22BN3O2.C2H6/c1-9-5-11(16-7-10(14)6-15)8-17(9)12(18)19-13(2,3)4;1-2/h6-7,9,11H,5,8,15H2,1-4H3;1-2H3/b10-6+,16-7?;/t9-,11+;/m1./s1. The lowest BCUT2D eigenvalue weighted by atomic mass is 9.98. The topological polar surface area (TPSA) is 67.9 Å². The molecule has 5 nitrogen and oxygen atoms in total. The highest BCUT2D eigenvalue weighted by molar-refractivity contribution is 6.32. The van der Waals surface area contributed by atoms with Gasteiger partial charge in [0, 0.05) is 18.8 Å². The van der Waals surface area contributed by atoms with E-state index in [0.717, 1.165) is 6.42 Å². The fourth-order valence-corrected chi connectivity index (χ4v) is 1.92. The molecule has 2 radical (unpaired) electrons. The summed E-state index contributed by atoms with van der Waals surface area (Å²) in [6.07, 6.45) is 3.34. The Morgan fingerprint density at radius 2 is 2.00 bits per heavy atom. The zero-order chi connectivity index (χ0) is 16.6. The monoisotopic (exact) mass is 293 g/mol. The number of allylic oxidation sites excluding steroid dienone is 1. The number of nitrogens with two attached hydrogens (primary N) is 1. The summed E-state index contributed by atoms with van der Waals surface area (Å²) in [5.74, 6) is 0. The van der Waals surface area contributed by atoms with Crippen LogP contribution in [0.4, 0.5) is 4.79 Å². The first-order valence-corrected chi connectivity index (χ1v) is 7.43. The number of carbonyl (C=O) groups excluding carboxylic acids is 1. The van der Waals surface area contributed by atoms with Gasteiger partial charge in [-0.05, 0) is 40.3 Å². The molecule has 0 aliphatic carbocycles. The summed E-state index contributed by atoms with van der Waals surface area (Å²) in [4.78, 5) is 18.0. The molecule has 21 heavy (non-hydrogen) atoms. The van der Waals surface area contributed by atoms with Gasteiger partial charge in [0.1, 0.15) is 13.4 Å². The average molecular weight is 293 g/mol. The Morgan fingerprint density at radius 3 is 2.48 bits per heavy atom. The minimum absolute atomic E-state index is 0.0426. The van der Waals surface area contributed by atoms with Crippen LogP contribution in [0.3, 0.4) is 0 Å². The highest BCUT2D eigenvalue weighted by Gasteiger charge is 2.34. The van der Waals surface area contributed by atoms with Crippen molar-refractivity contribution in [3.05, 3.63) is 11.7 Å². The van der Waals surface area contributed by atoms with Crippen molar-refractivity contribution in [2.75, 3.05) is 6.54 Å². The van der Waals surface area contributed by atoms with Crippen molar-refractivity contribution in [3.63, 3.8) is 0 Å². The smallest absolute Gasteiger partial charge is 0.410 e. The molecule has 1 aliphatic rings. The average Bonchev–Trinajstić information content (AvgIpc) is 2.77. The first kappa shape index (κ1) is 19.5. The molecule has 0 spiro atoms. The van der Waals surface area contributed by atoms with Crippen molar-refractivity contribution in [1.29, 1.82) is 0 Å². The lowest BCUT2D eigenvalue weighted by Crippen LogP contribution is -2.39. The summed E-state index contributed by atoms with van der Waals surface area (Å²) in [5.41, 5.74) is 5.20. The van der Waals surface area contributed by atoms with Gasteiger partial charge in [0.25, 0.3) is 0 Å². The van der Waals surface area contributed by atoms with E-state index in [1.807, 2.05) is 41.5 Å². The molecule has 1 amide bonds. The van der Waals surface area contributed by atoms with E-state index in [2.05, 4.69) is 4.99 Å². The van der Waals surface area contributed by atoms with Gasteiger partial charge in [-0.1, -0.05) is 19.3 Å². The third-order valence-electron chi connectivity index (χ3n) is 2.81. The molecule has 2 atom stereocenters. The van der Waals surface area contributed by atoms with Gasteiger partial charge in [0.2, 0.25) is 0 Å². The van der Waals surface area contributed by atoms with Crippen LogP contribution in [-0.2, 0) is 4.74 Å². The van der Waals surface area contributed by atoms with E-state index >= 15 is 0 Å². The van der Waals surface area contributed by atoms with Crippen LogP contribution in [-0.4, -0.2) is 49.3 Å². The molecule has 1 rings (SSSR count). The van der Waals surface area contributed by atoms with Crippen LogP contribution in [0.15, 0.2) is 16.7 Å². The highest BCUT2D eigenvalue weighted by Crippen LogP contribution is 2.22. The number of nitrogens with zero attached hydrogens (tertiary/aromatic N) is 2. The van der Waals surface area contributed by atoms with E-state index in [4.69, 9.17) is 18.3 Å². The quantitative estimate of drug-likeness (QED) is 0.628. The SMILES string of the molecule is CC.[B]/C(C=N[C@H]1C[C@@H](C)N(C(=O)OC(C)(C)C)C1)=C/N. The second-order valence-electron chi connectivity index (χ2n) is 5.82. The van der Waals surface area contributed by atoms with Gasteiger partial charge in [0.15, 0.2) is 0 Å². The van der Waals surface area contributed by atoms with Crippen molar-refractivity contribution in [2.45, 2.75) is 65.6 Å². The third kappa shape index (κ3) is 7.20. The molecule has 0 aromatic rings. The first-order chi connectivity index (χ1) is 9.73. The van der Waals surface area contributed by atoms with Gasteiger partial charge in [0.05, 0.1) is 6.04 Å². The Morgan fingerprint density at radius 1 is 1.43 bits per heavy atom. The Labute approximate surface area is 130 Å². The summed E-state index contributed by atoms with van der Waals surface area (Å²) in [6, 6.07) is 0.154. The molecule has 1 aliphatic heterocycles. The van der Waals surface area contributed by atoms with Crippen LogP contribution in [0.1, 0.15) is 48.0 Å². The molecule has 118 valence electrons. The maximum absolute atomic E-state index is 12.0. The van der Waals surface area contributed by atoms with Crippen LogP contribution >= 0.6 is 0 Å². The van der Waals surface area contributed by atoms with Crippen molar-refractivity contribution in [2.24, 2.45) is 10.7 Å². The molecule has 0 aromatic heterocycles. The zero-order valence-corrected chi connectivity index (χ0v) is 14.1. The fourth-order valence-electron chi connectivity index (χ4n) is 1.92. The van der Waals surface area contributed by atoms with Crippen LogP contribution in [0, 0.1) is 0 Å². The minimum Gasteiger partial charge on any atom is -0.444 e. The number of hydrogen-bond donors (Lipinski definition) is 1. The number of aliphatic imine (C=N–C) groups is 1. The van der Waals surface area contributed by atoms with Crippen molar-refractivity contribution in [1.82, 2.24) is 4.90 Å². The van der Waals surface area contributed by atoms with Crippen LogP contribution < -0.4 is 5.73 Å². The van der Waals surface area contributed by atoms with E-state index < -0.39 is 5.60 Å². The number of ether oxygens (including phenoxy) is 1. The molecule has 2 N–H and O–H groups in total. The number of carbonyl (C=O) groups is 1. The van der Waals surface area contributed by atoms with Gasteiger partial charge in [-0.15, -0.1) is 0 Å². The molecule has 1 saturated heterocycles. The predicted octanol–water partition coefficient (Wildman–Crippen LogP) is 2.45. The van der Waals surface area contributed by atoms with Gasteiger partial charge in [-0.25, -0.2) is 4.79 Å². The summed E-state index contributed by atoms with van der Waals surface area (Å²) in [7, 11) is 5.55.